The van der Waals surface area contributed by atoms with Crippen LogP contribution in [-0.4, -0.2) is 37.3 Å². The molecule has 0 aliphatic carbocycles. The summed E-state index contributed by atoms with van der Waals surface area (Å²) in [5, 5.41) is 8.67. The molecule has 0 fully saturated rings. The van der Waals surface area contributed by atoms with E-state index >= 15 is 0 Å². The van der Waals surface area contributed by atoms with Gasteiger partial charge in [-0.1, -0.05) is 18.7 Å². The van der Waals surface area contributed by atoms with Crippen LogP contribution in [0.15, 0.2) is 51.7 Å². The normalized spacial score (nSPS) is 11.5. The van der Waals surface area contributed by atoms with E-state index < -0.39 is 15.9 Å². The van der Waals surface area contributed by atoms with Gasteiger partial charge in [0, 0.05) is 18.4 Å². The Morgan fingerprint density at radius 1 is 1.25 bits per heavy atom. The Kier molecular flexibility index (Phi) is 6.23. The molecule has 3 aromatic rings. The molecule has 7 nitrogen and oxygen atoms in total. The maximum Gasteiger partial charge on any atom is 0.274 e. The average molecular weight is 438 g/mol. The van der Waals surface area contributed by atoms with E-state index in [1.165, 1.54) is 36.8 Å². The molecular formula is C18H19N3O4S3. The minimum Gasteiger partial charge on any atom is -0.288 e. The number of thioether (sulfide) groups is 1. The summed E-state index contributed by atoms with van der Waals surface area (Å²) < 4.78 is 29.0. The lowest BCUT2D eigenvalue weighted by atomic mass is 10.2. The van der Waals surface area contributed by atoms with Crippen LogP contribution in [0, 0.1) is 0 Å². The Hall–Kier alpha value is -2.14. The van der Waals surface area contributed by atoms with Crippen molar-refractivity contribution < 1.29 is 18.4 Å². The molecule has 148 valence electrons. The van der Waals surface area contributed by atoms with Crippen molar-refractivity contribution in [2.45, 2.75) is 22.6 Å². The van der Waals surface area contributed by atoms with Crippen molar-refractivity contribution in [1.29, 1.82) is 0 Å². The molecule has 2 aromatic carbocycles. The highest BCUT2D eigenvalue weighted by Crippen LogP contribution is 2.32. The largest absolute Gasteiger partial charge is 0.288 e. The molecule has 0 saturated carbocycles. The first-order valence-corrected chi connectivity index (χ1v) is 11.7. The summed E-state index contributed by atoms with van der Waals surface area (Å²) in [6.45, 7) is 2.10. The second-order valence-corrected chi connectivity index (χ2v) is 10.3. The third kappa shape index (κ3) is 4.14. The lowest BCUT2D eigenvalue weighted by molar-refractivity contribution is 0.0706. The topological polar surface area (TPSA) is 99.6 Å². The number of hydroxylamine groups is 1. The highest BCUT2D eigenvalue weighted by atomic mass is 32.2. The molecular weight excluding hydrogens is 418 g/mol. The number of hydrogen-bond donors (Lipinski definition) is 2. The van der Waals surface area contributed by atoms with Gasteiger partial charge in [-0.15, -0.1) is 11.3 Å². The van der Waals surface area contributed by atoms with Gasteiger partial charge < -0.3 is 0 Å². The minimum absolute atomic E-state index is 0.150. The van der Waals surface area contributed by atoms with Gasteiger partial charge in [-0.2, -0.15) is 0 Å². The maximum atomic E-state index is 13.0. The van der Waals surface area contributed by atoms with Crippen molar-refractivity contribution in [3.63, 3.8) is 0 Å². The van der Waals surface area contributed by atoms with Crippen LogP contribution >= 0.6 is 23.1 Å². The number of thiazole rings is 1. The van der Waals surface area contributed by atoms with Gasteiger partial charge in [-0.05, 0) is 48.9 Å². The van der Waals surface area contributed by atoms with Crippen molar-refractivity contribution in [2.24, 2.45) is 0 Å². The predicted molar refractivity (Wildman–Crippen MR) is 112 cm³/mol. The summed E-state index contributed by atoms with van der Waals surface area (Å²) in [4.78, 5) is 16.1. The van der Waals surface area contributed by atoms with Crippen LogP contribution in [0.25, 0.3) is 10.2 Å². The van der Waals surface area contributed by atoms with Crippen LogP contribution in [0.5, 0.6) is 0 Å². The van der Waals surface area contributed by atoms with Crippen LogP contribution in [0.2, 0.25) is 0 Å². The van der Waals surface area contributed by atoms with Crippen molar-refractivity contribution in [3.8, 4) is 0 Å². The SMILES string of the molecule is CCCSc1nc2cc(S(=O)(=O)N(C)c3ccc(C(=O)NO)cc3)ccc2s1. The number of fused-ring (bicyclic) bond motifs is 1. The molecule has 3 rings (SSSR count). The first-order chi connectivity index (χ1) is 13.4. The second kappa shape index (κ2) is 8.48. The quantitative estimate of drug-likeness (QED) is 0.332. The summed E-state index contributed by atoms with van der Waals surface area (Å²) in [6.07, 6.45) is 1.05. The molecule has 0 unspecified atom stereocenters. The Morgan fingerprint density at radius 3 is 2.61 bits per heavy atom. The fraction of sp³-hybridized carbons (Fsp3) is 0.222. The summed E-state index contributed by atoms with van der Waals surface area (Å²) in [5.74, 6) is 0.306. The van der Waals surface area contributed by atoms with Crippen LogP contribution in [0.3, 0.4) is 0 Å². The fourth-order valence-corrected chi connectivity index (χ4v) is 5.67. The van der Waals surface area contributed by atoms with E-state index in [9.17, 15) is 13.2 Å². The highest BCUT2D eigenvalue weighted by Gasteiger charge is 2.22. The smallest absolute Gasteiger partial charge is 0.274 e. The Labute approximate surface area is 171 Å². The zero-order valence-electron chi connectivity index (χ0n) is 15.2. The number of hydrogen-bond acceptors (Lipinski definition) is 7. The number of benzene rings is 2. The predicted octanol–water partition coefficient (Wildman–Crippen LogP) is 3.74. The number of aromatic nitrogens is 1. The molecule has 28 heavy (non-hydrogen) atoms. The molecule has 0 bridgehead atoms. The van der Waals surface area contributed by atoms with E-state index in [0.29, 0.717) is 11.2 Å². The number of nitrogens with zero attached hydrogens (tertiary/aromatic N) is 2. The monoisotopic (exact) mass is 437 g/mol. The minimum atomic E-state index is -3.79. The van der Waals surface area contributed by atoms with E-state index in [0.717, 1.165) is 25.5 Å². The first kappa shape index (κ1) is 20.6. The number of rotatable bonds is 7. The number of anilines is 1. The zero-order chi connectivity index (χ0) is 20.3. The number of sulfonamides is 1. The first-order valence-electron chi connectivity index (χ1n) is 8.43. The maximum absolute atomic E-state index is 13.0. The van der Waals surface area contributed by atoms with E-state index in [1.54, 1.807) is 41.3 Å². The third-order valence-corrected chi connectivity index (χ3v) is 8.19. The molecule has 0 aliphatic rings. The summed E-state index contributed by atoms with van der Waals surface area (Å²) in [7, 11) is -2.34. The van der Waals surface area contributed by atoms with Crippen molar-refractivity contribution in [3.05, 3.63) is 48.0 Å². The lowest BCUT2D eigenvalue weighted by Crippen LogP contribution is -2.26. The van der Waals surface area contributed by atoms with E-state index in [-0.39, 0.29) is 10.5 Å². The van der Waals surface area contributed by atoms with Crippen molar-refractivity contribution >= 4 is 54.9 Å². The highest BCUT2D eigenvalue weighted by molar-refractivity contribution is 8.01. The summed E-state index contributed by atoms with van der Waals surface area (Å²) in [5.41, 5.74) is 2.82. The van der Waals surface area contributed by atoms with Crippen molar-refractivity contribution in [2.75, 3.05) is 17.1 Å². The van der Waals surface area contributed by atoms with Gasteiger partial charge in [-0.25, -0.2) is 18.9 Å². The van der Waals surface area contributed by atoms with Gasteiger partial charge in [0.15, 0.2) is 4.34 Å². The van der Waals surface area contributed by atoms with E-state index in [2.05, 4.69) is 11.9 Å². The molecule has 2 N–H and O–H groups in total. The van der Waals surface area contributed by atoms with Gasteiger partial charge in [0.05, 0.1) is 20.8 Å². The standard InChI is InChI=1S/C18H19N3O4S3/c1-3-10-26-18-19-15-11-14(8-9-16(15)27-18)28(24,25)21(2)13-6-4-12(5-7-13)17(22)20-23/h4-9,11,23H,3,10H2,1-2H3,(H,20,22). The second-order valence-electron chi connectivity index (χ2n) is 5.92. The molecule has 0 spiro atoms. The molecule has 1 heterocycles. The molecule has 0 aliphatic heterocycles. The van der Waals surface area contributed by atoms with Crippen LogP contribution in [-0.2, 0) is 10.0 Å². The Bertz CT molecular complexity index is 1090. The van der Waals surface area contributed by atoms with Gasteiger partial charge in [0.25, 0.3) is 15.9 Å². The Balaban J connectivity index is 1.89. The Morgan fingerprint density at radius 2 is 1.96 bits per heavy atom. The molecule has 0 atom stereocenters. The number of carbonyl (C=O) groups is 1. The van der Waals surface area contributed by atoms with Gasteiger partial charge in [0.1, 0.15) is 0 Å². The van der Waals surface area contributed by atoms with Crippen LogP contribution in [0.4, 0.5) is 5.69 Å². The third-order valence-electron chi connectivity index (χ3n) is 4.02. The van der Waals surface area contributed by atoms with Gasteiger partial charge in [0.2, 0.25) is 0 Å². The van der Waals surface area contributed by atoms with Crippen LogP contribution in [0.1, 0.15) is 23.7 Å². The van der Waals surface area contributed by atoms with Gasteiger partial charge >= 0.3 is 0 Å². The number of nitrogens with one attached hydrogen (secondary N) is 1. The van der Waals surface area contributed by atoms with Gasteiger partial charge in [-0.3, -0.25) is 14.3 Å². The van der Waals surface area contributed by atoms with Crippen LogP contribution < -0.4 is 9.79 Å². The fourth-order valence-electron chi connectivity index (χ4n) is 2.48. The van der Waals surface area contributed by atoms with Crippen molar-refractivity contribution in [1.82, 2.24) is 10.5 Å². The molecule has 1 amide bonds. The number of amides is 1. The summed E-state index contributed by atoms with van der Waals surface area (Å²) >= 11 is 3.22. The lowest BCUT2D eigenvalue weighted by Gasteiger charge is -2.19. The van der Waals surface area contributed by atoms with E-state index in [1.807, 2.05) is 0 Å². The molecule has 10 heteroatoms. The van der Waals surface area contributed by atoms with E-state index in [4.69, 9.17) is 5.21 Å². The molecule has 0 radical (unpaired) electrons. The molecule has 0 saturated heterocycles. The zero-order valence-corrected chi connectivity index (χ0v) is 17.7. The average Bonchev–Trinajstić information content (AvgIpc) is 3.13. The molecule has 1 aromatic heterocycles. The number of carbonyl (C=O) groups excluding carboxylic acids is 1. The summed E-state index contributed by atoms with van der Waals surface area (Å²) in [6, 6.07) is 10.8.